The van der Waals surface area contributed by atoms with E-state index in [1.165, 1.54) is 79.8 Å². The zero-order chi connectivity index (χ0) is 94.7. The molecule has 702 valence electrons. The molecule has 0 aliphatic carbocycles. The fourth-order valence-electron chi connectivity index (χ4n) is 12.6. The SMILES string of the molecule is CC(C)(C)[Si](C)(C)Cl.CC[C@H]1O[C@@H](OC(C)=O)[C@@H](OC(C)=O)C1C.CC[C@H]1O[C@@H](n2ccc(=O)[nH]c2=S)[C@@H](O)C1O.CC[C@H]1O[C@@H](n2ccc(=O)[nH]c2=S)[C@@H](OC(C)=O)C1C.CC[C@H]1O[C@@H](n2ccc(=O)[nH]c2=S)[C@@H](O[Si](C)(C)C(C)(C)C)C1C.CC[C@H]1O[C@@H](n2ccc(=O)nc2SC)[C@@H](O[Si](C)(C)C(C)(C)C)C1C.CO.O=c1cc[nH]c(=S)[nH]1.[2H]CF.[Li+].[OH-]. The van der Waals surface area contributed by atoms with E-state index in [0.29, 0.717) is 32.1 Å². The van der Waals surface area contributed by atoms with Crippen LogP contribution in [0.3, 0.4) is 0 Å². The second-order valence-corrected chi connectivity index (χ2v) is 53.6. The van der Waals surface area contributed by atoms with Crippen LogP contribution in [0.25, 0.3) is 0 Å². The third kappa shape index (κ3) is 34.4. The molecule has 5 aromatic heterocycles. The van der Waals surface area contributed by atoms with E-state index in [-0.39, 0.29) is 145 Å². The third-order valence-electron chi connectivity index (χ3n) is 22.6. The van der Waals surface area contributed by atoms with Gasteiger partial charge in [0.15, 0.2) is 85.4 Å². The first-order valence-corrected chi connectivity index (χ1v) is 53.4. The zero-order valence-electron chi connectivity index (χ0n) is 78.7. The van der Waals surface area contributed by atoms with Crippen LogP contribution in [0.15, 0.2) is 90.4 Å². The summed E-state index contributed by atoms with van der Waals surface area (Å²) in [4.78, 5) is 106. The van der Waals surface area contributed by atoms with Crippen LogP contribution in [0.5, 0.6) is 0 Å². The van der Waals surface area contributed by atoms with Gasteiger partial charge in [0.1, 0.15) is 12.2 Å². The van der Waals surface area contributed by atoms with Gasteiger partial charge in [-0.05, 0) is 129 Å². The van der Waals surface area contributed by atoms with Crippen LogP contribution in [-0.4, -0.2) is 205 Å². The molecule has 5 aliphatic rings. The number of nitrogens with one attached hydrogen (secondary N) is 5. The number of esters is 3. The molecule has 9 N–H and O–H groups in total. The molecule has 0 bridgehead atoms. The zero-order valence-corrected chi connectivity index (χ0v) is 85.6. The number of aliphatic hydroxyl groups is 3. The summed E-state index contributed by atoms with van der Waals surface area (Å²) < 4.78 is 82.1. The van der Waals surface area contributed by atoms with E-state index in [4.69, 9.17) is 101 Å². The second-order valence-electron chi connectivity index (χ2n) is 34.4. The van der Waals surface area contributed by atoms with Crippen LogP contribution in [-0.2, 0) is 61.1 Å². The Hall–Kier alpha value is -4.93. The minimum Gasteiger partial charge on any atom is -0.870 e. The molecule has 0 aromatic carbocycles. The number of aromatic nitrogens is 10. The fourth-order valence-corrected chi connectivity index (χ4v) is 16.8. The summed E-state index contributed by atoms with van der Waals surface area (Å²) in [5, 5.41) is 27.9. The van der Waals surface area contributed by atoms with Crippen molar-refractivity contribution in [2.75, 3.05) is 20.5 Å². The molecule has 0 radical (unpaired) electrons. The standard InChI is InChI=1S/C18H32N2O3SSi.C17H30N2O3SSi.C13H18N2O4S.C11H18O5.C10H14N2O4S.C6H15ClSi.C4H4N2OS.CH3F.CH4O.Li.H2O/c1-9-13-12(2)15(23-25(7,8)18(3,4)5)16(22-13)20-11-10-14(21)19-17(20)24-6;1-8-12-11(2)14(22-24(6,7)17(3,4)5)15(21-12)19-10-9-13(20)18-16(19)23;1-4-9-7(2)11(18-8(3)16)12(19-9)15-6-5-10(17)14-13(15)20;1-5-9-6(2)10(14-7(3)12)11(16-9)15-8(4)13;1-2-5-7(14)8(15)9(16-5)12-4-3-6(13)11-10(12)17;1-6(2,3)8(4,5)7;7-3-1-2-5-4(8)6-3;2*1-2;;/h10-13,15-16H,9H2,1-8H3;9-12,14-15H,8H2,1-7H3,(H,18,20,23);5-7,9,11-12H,4H2,1-3H3,(H,14,17,20);6,9-11H,5H2,1-4H3;3-5,7-9,14-15H,2H2,1H3,(H,11,13,17);1-5H3;1-2H,(H2,5,6,7,8);1H3;2H,1H3;;1H2/q;;;;;;;;;+1;/p-1/t12?,13-,15+,16-;11?,12-,14+,15-;7?,9-,11+,12-;6?,9-,10+,11-;5-,7?,8+,9-;;;;;;/m11111....../s1/i;;;;;;;1D;;;. The third-order valence-corrected chi connectivity index (χ3v) is 38.6. The van der Waals surface area contributed by atoms with Gasteiger partial charge < -0.3 is 72.5 Å². The van der Waals surface area contributed by atoms with E-state index in [2.05, 4.69) is 171 Å². The fraction of sp³-hybridized carbons (Fsp3) is 0.716. The molecule has 5 aromatic rings. The molecule has 0 spiro atoms. The van der Waals surface area contributed by atoms with Crippen molar-refractivity contribution in [2.45, 2.75) is 335 Å². The number of aromatic amines is 5. The number of thioether (sulfide) groups is 1. The normalized spacial score (nSPS) is 26.3. The van der Waals surface area contributed by atoms with Gasteiger partial charge in [0.25, 0.3) is 27.8 Å². The number of halogens is 2. The molecule has 10 heterocycles. The molecule has 20 atom stereocenters. The number of H-pyrrole nitrogens is 5. The van der Waals surface area contributed by atoms with E-state index in [0.717, 1.165) is 32.8 Å². The summed E-state index contributed by atoms with van der Waals surface area (Å²) in [5.41, 5.74) is -1.18. The Kier molecular flexibility index (Phi) is 50.4. The van der Waals surface area contributed by atoms with Crippen LogP contribution in [0.2, 0.25) is 54.4 Å². The van der Waals surface area contributed by atoms with Crippen LogP contribution in [0, 0.1) is 42.8 Å². The topological polar surface area (TPSA) is 431 Å². The maximum absolute atomic E-state index is 11.6. The van der Waals surface area contributed by atoms with Crippen molar-refractivity contribution in [3.8, 4) is 0 Å². The Labute approximate surface area is 774 Å². The molecular formula is C81H139ClFLiN10O22S5Si3. The van der Waals surface area contributed by atoms with E-state index in [1.807, 2.05) is 50.0 Å². The Morgan fingerprint density at radius 3 is 1.13 bits per heavy atom. The van der Waals surface area contributed by atoms with Crippen LogP contribution < -0.4 is 46.7 Å². The number of carbonyl (C=O) groups excluding carboxylic acids is 3. The van der Waals surface area contributed by atoms with Crippen molar-refractivity contribution in [3.63, 3.8) is 0 Å². The largest absolute Gasteiger partial charge is 1.00 e. The van der Waals surface area contributed by atoms with Crippen LogP contribution in [0.1, 0.15) is 204 Å². The monoisotopic (exact) mass is 1910 g/mol. The second kappa shape index (κ2) is 53.4. The summed E-state index contributed by atoms with van der Waals surface area (Å²) in [6.45, 7) is 55.9. The van der Waals surface area contributed by atoms with Gasteiger partial charge in [-0.1, -0.05) is 149 Å². The average Bonchev–Trinajstić information content (AvgIpc) is 1.66. The summed E-state index contributed by atoms with van der Waals surface area (Å²) in [7, 11) is -5.29. The molecule has 32 nitrogen and oxygen atoms in total. The van der Waals surface area contributed by atoms with Crippen molar-refractivity contribution in [3.05, 3.63) is 132 Å². The molecule has 43 heteroatoms. The van der Waals surface area contributed by atoms with E-state index in [9.17, 15) is 53.0 Å². The molecule has 5 aliphatic heterocycles. The summed E-state index contributed by atoms with van der Waals surface area (Å²) in [6, 6.07) is 7.00. The Bertz CT molecular complexity index is 4660. The van der Waals surface area contributed by atoms with Gasteiger partial charge in [-0.2, -0.15) is 16.1 Å². The number of ether oxygens (including phenoxy) is 8. The van der Waals surface area contributed by atoms with Gasteiger partial charge in [0, 0.05) is 113 Å². The summed E-state index contributed by atoms with van der Waals surface area (Å²) in [5.74, 6) is -0.550. The van der Waals surface area contributed by atoms with Gasteiger partial charge >= 0.3 is 36.8 Å². The summed E-state index contributed by atoms with van der Waals surface area (Å²) in [6.07, 6.45) is 8.12. The number of carbonyl (C=O) groups is 3. The van der Waals surface area contributed by atoms with E-state index in [1.54, 1.807) is 23.2 Å². The van der Waals surface area contributed by atoms with Gasteiger partial charge in [0.2, 0.25) is 6.29 Å². The van der Waals surface area contributed by atoms with Crippen LogP contribution in [0.4, 0.5) is 4.39 Å². The average molecular weight is 1910 g/mol. The van der Waals surface area contributed by atoms with Crippen molar-refractivity contribution in [2.24, 2.45) is 23.7 Å². The molecule has 5 fully saturated rings. The van der Waals surface area contributed by atoms with Gasteiger partial charge in [-0.3, -0.25) is 81.0 Å². The van der Waals surface area contributed by atoms with E-state index < -0.39 is 92.4 Å². The Balaban J connectivity index is 0.00000146. The number of hydrogen-bond acceptors (Lipinski definition) is 28. The minimum absolute atomic E-state index is 0. The Morgan fingerprint density at radius 2 is 0.823 bits per heavy atom. The number of rotatable bonds is 17. The van der Waals surface area contributed by atoms with Crippen LogP contribution >= 0.6 is 71.7 Å². The van der Waals surface area contributed by atoms with Crippen molar-refractivity contribution < 1.29 is 107 Å². The number of hydrogen-bond donors (Lipinski definition) is 8. The van der Waals surface area contributed by atoms with Gasteiger partial charge in [-0.25, -0.2) is 0 Å². The minimum atomic E-state index is -1.96. The number of nitrogens with zero attached hydrogens (tertiary/aromatic N) is 5. The maximum Gasteiger partial charge on any atom is 1.00 e. The van der Waals surface area contributed by atoms with Gasteiger partial charge in [0.05, 0.1) is 51.3 Å². The van der Waals surface area contributed by atoms with E-state index >= 15 is 0 Å². The quantitative estimate of drug-likeness (QED) is 0.00815. The smallest absolute Gasteiger partial charge is 0.870 e. The van der Waals surface area contributed by atoms with Crippen molar-refractivity contribution in [1.82, 2.24) is 48.2 Å². The molecule has 5 saturated heterocycles. The molecule has 0 saturated carbocycles. The first-order valence-electron chi connectivity index (χ1n) is 41.4. The molecule has 10 rings (SSSR count). The molecule has 124 heavy (non-hydrogen) atoms. The molecular weight excluding hydrogens is 1770 g/mol. The first kappa shape index (κ1) is 117. The number of aliphatic hydroxyl groups excluding tert-OH is 3. The molecule has 0 amide bonds. The predicted molar refractivity (Wildman–Crippen MR) is 492 cm³/mol. The predicted octanol–water partition coefficient (Wildman–Crippen LogP) is 12.2. The van der Waals surface area contributed by atoms with Gasteiger partial charge in [-0.15, -0.1) is 0 Å². The molecule has 5 unspecified atom stereocenters. The number of alkyl halides is 1. The van der Waals surface area contributed by atoms with Crippen molar-refractivity contribution >= 4 is 114 Å². The first-order chi connectivity index (χ1) is 56.9. The Morgan fingerprint density at radius 1 is 0.516 bits per heavy atom. The summed E-state index contributed by atoms with van der Waals surface area (Å²) >= 11 is 27.7. The van der Waals surface area contributed by atoms with Crippen molar-refractivity contribution in [1.29, 1.82) is 0 Å². The maximum atomic E-state index is 11.6.